The lowest BCUT2D eigenvalue weighted by atomic mass is 9.88. The zero-order valence-corrected chi connectivity index (χ0v) is 17.8. The van der Waals surface area contributed by atoms with Crippen LogP contribution in [0, 0.1) is 5.92 Å². The molecule has 0 aromatic heterocycles. The number of carbonyl (C=O) groups is 2. The van der Waals surface area contributed by atoms with E-state index in [0.29, 0.717) is 31.6 Å². The Hall–Kier alpha value is -2.86. The van der Waals surface area contributed by atoms with E-state index in [1.807, 2.05) is 51.1 Å². The zero-order valence-electron chi connectivity index (χ0n) is 17.8. The second-order valence-corrected chi connectivity index (χ2v) is 8.68. The van der Waals surface area contributed by atoms with E-state index < -0.39 is 23.7 Å². The second-order valence-electron chi connectivity index (χ2n) is 8.68. The Labute approximate surface area is 177 Å². The van der Waals surface area contributed by atoms with Gasteiger partial charge in [0.2, 0.25) is 0 Å². The van der Waals surface area contributed by atoms with Crippen molar-refractivity contribution < 1.29 is 19.4 Å². The first-order valence-electron chi connectivity index (χ1n) is 10.3. The van der Waals surface area contributed by atoms with Gasteiger partial charge in [-0.05, 0) is 51.4 Å². The summed E-state index contributed by atoms with van der Waals surface area (Å²) in [7, 11) is 0. The van der Waals surface area contributed by atoms with Gasteiger partial charge in [-0.3, -0.25) is 9.69 Å². The number of ether oxygens (including phenoxy) is 1. The van der Waals surface area contributed by atoms with Crippen molar-refractivity contribution in [1.82, 2.24) is 10.2 Å². The summed E-state index contributed by atoms with van der Waals surface area (Å²) in [5, 5.41) is 12.9. The molecule has 0 aliphatic carbocycles. The Bertz CT molecular complexity index is 876. The molecule has 2 N–H and O–H groups in total. The Morgan fingerprint density at radius 3 is 2.53 bits per heavy atom. The molecule has 6 heteroatoms. The predicted octanol–water partition coefficient (Wildman–Crippen LogP) is 3.99. The van der Waals surface area contributed by atoms with Crippen molar-refractivity contribution in [3.63, 3.8) is 0 Å². The van der Waals surface area contributed by atoms with E-state index in [1.165, 1.54) is 12.1 Å². The number of phenols is 1. The molecule has 0 saturated carbocycles. The van der Waals surface area contributed by atoms with Crippen molar-refractivity contribution >= 4 is 11.9 Å². The van der Waals surface area contributed by atoms with E-state index in [4.69, 9.17) is 4.74 Å². The number of benzene rings is 2. The average Bonchev–Trinajstić information content (AvgIpc) is 2.72. The lowest BCUT2D eigenvalue weighted by Crippen LogP contribution is -2.50. The van der Waals surface area contributed by atoms with Crippen LogP contribution in [0.1, 0.15) is 43.1 Å². The number of phenolic OH excluding ortho intramolecular Hbond substituents is 1. The summed E-state index contributed by atoms with van der Waals surface area (Å²) in [4.78, 5) is 27.9. The second kappa shape index (κ2) is 9.30. The molecule has 2 atom stereocenters. The third-order valence-electron chi connectivity index (χ3n) is 5.35. The number of aromatic hydroxyl groups is 1. The van der Waals surface area contributed by atoms with Gasteiger partial charge < -0.3 is 15.2 Å². The van der Waals surface area contributed by atoms with Gasteiger partial charge in [-0.2, -0.15) is 0 Å². The summed E-state index contributed by atoms with van der Waals surface area (Å²) in [6, 6.07) is 16.1. The minimum Gasteiger partial charge on any atom is -0.508 e. The monoisotopic (exact) mass is 410 g/mol. The third kappa shape index (κ3) is 5.39. The molecule has 2 aromatic carbocycles. The van der Waals surface area contributed by atoms with E-state index in [2.05, 4.69) is 5.32 Å². The van der Waals surface area contributed by atoms with Crippen LogP contribution in [0.5, 0.6) is 5.75 Å². The normalized spacial score (nSPS) is 19.2. The van der Waals surface area contributed by atoms with Crippen molar-refractivity contribution in [2.45, 2.75) is 45.4 Å². The Kier molecular flexibility index (Phi) is 6.77. The number of piperidine rings is 1. The highest BCUT2D eigenvalue weighted by Crippen LogP contribution is 2.25. The SMILES string of the molecule is CC(C)(C)N(Cc1ccccc1)C(=O)OC1CCNCC1C(=O)c1cccc(O)c1. The van der Waals surface area contributed by atoms with E-state index in [1.54, 1.807) is 17.0 Å². The summed E-state index contributed by atoms with van der Waals surface area (Å²) >= 11 is 0. The van der Waals surface area contributed by atoms with Crippen molar-refractivity contribution in [2.24, 2.45) is 5.92 Å². The molecule has 1 fully saturated rings. The van der Waals surface area contributed by atoms with Gasteiger partial charge >= 0.3 is 6.09 Å². The molecule has 0 bridgehead atoms. The fourth-order valence-corrected chi connectivity index (χ4v) is 3.65. The van der Waals surface area contributed by atoms with Gasteiger partial charge in [0.1, 0.15) is 11.9 Å². The molecule has 1 aliphatic rings. The number of nitrogens with zero attached hydrogens (tertiary/aromatic N) is 1. The van der Waals surface area contributed by atoms with Crippen molar-refractivity contribution in [1.29, 1.82) is 0 Å². The Morgan fingerprint density at radius 2 is 1.87 bits per heavy atom. The minimum absolute atomic E-state index is 0.0416. The molecule has 2 aromatic rings. The summed E-state index contributed by atoms with van der Waals surface area (Å²) < 4.78 is 5.90. The Balaban J connectivity index is 1.76. The van der Waals surface area contributed by atoms with Crippen LogP contribution < -0.4 is 5.32 Å². The molecular weight excluding hydrogens is 380 g/mol. The highest BCUT2D eigenvalue weighted by Gasteiger charge is 2.37. The molecule has 6 nitrogen and oxygen atoms in total. The number of ketones is 1. The van der Waals surface area contributed by atoms with Crippen LogP contribution in [0.25, 0.3) is 0 Å². The summed E-state index contributed by atoms with van der Waals surface area (Å²) in [5.41, 5.74) is 0.994. The molecule has 3 rings (SSSR count). The van der Waals surface area contributed by atoms with E-state index >= 15 is 0 Å². The predicted molar refractivity (Wildman–Crippen MR) is 115 cm³/mol. The van der Waals surface area contributed by atoms with E-state index in [-0.39, 0.29) is 11.5 Å². The van der Waals surface area contributed by atoms with Gasteiger partial charge in [-0.15, -0.1) is 0 Å². The van der Waals surface area contributed by atoms with Gasteiger partial charge in [0, 0.05) is 24.2 Å². The number of hydrogen-bond acceptors (Lipinski definition) is 5. The zero-order chi connectivity index (χ0) is 21.7. The molecule has 1 heterocycles. The van der Waals surface area contributed by atoms with E-state index in [9.17, 15) is 14.7 Å². The molecular formula is C24H30N2O4. The van der Waals surface area contributed by atoms with Gasteiger partial charge in [-0.1, -0.05) is 42.5 Å². The van der Waals surface area contributed by atoms with Crippen LogP contribution in [0.3, 0.4) is 0 Å². The van der Waals surface area contributed by atoms with Gasteiger partial charge in [-0.25, -0.2) is 4.79 Å². The van der Waals surface area contributed by atoms with Crippen LogP contribution in [0.2, 0.25) is 0 Å². The number of carbonyl (C=O) groups excluding carboxylic acids is 2. The number of amides is 1. The summed E-state index contributed by atoms with van der Waals surface area (Å²) in [6.45, 7) is 7.44. The van der Waals surface area contributed by atoms with E-state index in [0.717, 1.165) is 5.56 Å². The minimum atomic E-state index is -0.519. The fraction of sp³-hybridized carbons (Fsp3) is 0.417. The van der Waals surface area contributed by atoms with Crippen LogP contribution in [0.4, 0.5) is 4.79 Å². The maximum absolute atomic E-state index is 13.2. The summed E-state index contributed by atoms with van der Waals surface area (Å²) in [5.74, 6) is -0.593. The molecule has 30 heavy (non-hydrogen) atoms. The first-order valence-corrected chi connectivity index (χ1v) is 10.3. The standard InChI is InChI=1S/C24H30N2O4/c1-24(2,3)26(16-17-8-5-4-6-9-17)23(29)30-21-12-13-25-15-20(21)22(28)18-10-7-11-19(27)14-18/h4-11,14,20-21,25,27H,12-13,15-16H2,1-3H3. The first kappa shape index (κ1) is 21.8. The summed E-state index contributed by atoms with van der Waals surface area (Å²) in [6.07, 6.45) is -0.384. The highest BCUT2D eigenvalue weighted by molar-refractivity contribution is 5.99. The van der Waals surface area contributed by atoms with Gasteiger partial charge in [0.25, 0.3) is 0 Å². The molecule has 1 amide bonds. The van der Waals surface area contributed by atoms with Crippen molar-refractivity contribution in [3.8, 4) is 5.75 Å². The molecule has 0 spiro atoms. The molecule has 160 valence electrons. The number of rotatable bonds is 5. The highest BCUT2D eigenvalue weighted by atomic mass is 16.6. The molecule has 1 saturated heterocycles. The van der Waals surface area contributed by atoms with Crippen LogP contribution >= 0.6 is 0 Å². The van der Waals surface area contributed by atoms with Crippen molar-refractivity contribution in [3.05, 3.63) is 65.7 Å². The van der Waals surface area contributed by atoms with Crippen LogP contribution in [-0.4, -0.2) is 46.6 Å². The number of Topliss-reactive ketones (excluding diaryl/α,β-unsaturated/α-hetero) is 1. The fourth-order valence-electron chi connectivity index (χ4n) is 3.65. The maximum atomic E-state index is 13.2. The maximum Gasteiger partial charge on any atom is 0.410 e. The van der Waals surface area contributed by atoms with Gasteiger partial charge in [0.05, 0.1) is 5.92 Å². The lowest BCUT2D eigenvalue weighted by Gasteiger charge is -2.38. The molecule has 0 radical (unpaired) electrons. The lowest BCUT2D eigenvalue weighted by molar-refractivity contribution is 0.00477. The average molecular weight is 411 g/mol. The quantitative estimate of drug-likeness (QED) is 0.729. The largest absolute Gasteiger partial charge is 0.508 e. The first-order chi connectivity index (χ1) is 14.3. The molecule has 1 aliphatic heterocycles. The van der Waals surface area contributed by atoms with Crippen molar-refractivity contribution in [2.75, 3.05) is 13.1 Å². The smallest absolute Gasteiger partial charge is 0.410 e. The number of hydrogen-bond donors (Lipinski definition) is 2. The number of nitrogens with one attached hydrogen (secondary N) is 1. The molecule has 2 unspecified atom stereocenters. The van der Waals surface area contributed by atoms with Crippen LogP contribution in [0.15, 0.2) is 54.6 Å². The van der Waals surface area contributed by atoms with Gasteiger partial charge in [0.15, 0.2) is 5.78 Å². The van der Waals surface area contributed by atoms with Crippen LogP contribution in [-0.2, 0) is 11.3 Å². The topological polar surface area (TPSA) is 78.9 Å². The third-order valence-corrected chi connectivity index (χ3v) is 5.35. The Morgan fingerprint density at radius 1 is 1.13 bits per heavy atom.